The molecule has 164 valence electrons. The van der Waals surface area contributed by atoms with E-state index in [-0.39, 0.29) is 18.5 Å². The Morgan fingerprint density at radius 1 is 1.03 bits per heavy atom. The zero-order valence-electron chi connectivity index (χ0n) is 17.6. The molecule has 0 spiro atoms. The highest BCUT2D eigenvalue weighted by Crippen LogP contribution is 2.42. The van der Waals surface area contributed by atoms with Gasteiger partial charge in [-0.1, -0.05) is 0 Å². The predicted octanol–water partition coefficient (Wildman–Crippen LogP) is 4.41. The molecule has 1 aliphatic heterocycles. The van der Waals surface area contributed by atoms with Gasteiger partial charge in [0.25, 0.3) is 0 Å². The summed E-state index contributed by atoms with van der Waals surface area (Å²) in [5.74, 6) is 1.89. The highest BCUT2D eigenvalue weighted by molar-refractivity contribution is 5.85. The Morgan fingerprint density at radius 2 is 1.84 bits per heavy atom. The number of nitrogens with one attached hydrogen (secondary N) is 1. The second-order valence-corrected chi connectivity index (χ2v) is 8.26. The molecule has 3 aromatic heterocycles. The van der Waals surface area contributed by atoms with Gasteiger partial charge in [-0.15, -0.1) is 12.4 Å². The molecule has 32 heavy (non-hydrogen) atoms. The van der Waals surface area contributed by atoms with E-state index in [9.17, 15) is 5.11 Å². The Morgan fingerprint density at radius 3 is 2.59 bits per heavy atom. The van der Waals surface area contributed by atoms with Crippen molar-refractivity contribution < 1.29 is 5.11 Å². The summed E-state index contributed by atoms with van der Waals surface area (Å²) in [4.78, 5) is 15.9. The first-order chi connectivity index (χ1) is 15.2. The molecule has 2 aliphatic rings. The number of nitrogens with zero attached hydrogens (tertiary/aromatic N) is 5. The van der Waals surface area contributed by atoms with Crippen molar-refractivity contribution in [2.45, 2.75) is 37.7 Å². The maximum Gasteiger partial charge on any atom is 0.132 e. The molecule has 0 amide bonds. The van der Waals surface area contributed by atoms with Crippen molar-refractivity contribution in [1.29, 1.82) is 5.26 Å². The zero-order valence-corrected chi connectivity index (χ0v) is 18.4. The van der Waals surface area contributed by atoms with Gasteiger partial charge in [-0.2, -0.15) is 5.26 Å². The number of halogens is 1. The van der Waals surface area contributed by atoms with Crippen molar-refractivity contribution >= 4 is 29.7 Å². The average molecular weight is 449 g/mol. The first-order valence-corrected chi connectivity index (χ1v) is 10.7. The Balaban J connectivity index is 0.00000245. The summed E-state index contributed by atoms with van der Waals surface area (Å²) >= 11 is 0. The van der Waals surface area contributed by atoms with Crippen LogP contribution < -0.4 is 10.2 Å². The molecule has 0 unspecified atom stereocenters. The van der Waals surface area contributed by atoms with Crippen LogP contribution in [0.15, 0.2) is 48.9 Å². The number of piperidine rings is 1. The van der Waals surface area contributed by atoms with Gasteiger partial charge in [0.1, 0.15) is 11.6 Å². The first-order valence-electron chi connectivity index (χ1n) is 10.7. The number of aliphatic hydroxyl groups is 1. The third-order valence-electron chi connectivity index (χ3n) is 5.89. The number of aromatic nitrogens is 3. The van der Waals surface area contributed by atoms with Crippen molar-refractivity contribution in [2.75, 3.05) is 23.3 Å². The van der Waals surface area contributed by atoms with E-state index in [1.54, 1.807) is 18.3 Å². The molecule has 0 atom stereocenters. The number of rotatable bonds is 5. The molecule has 1 aliphatic carbocycles. The summed E-state index contributed by atoms with van der Waals surface area (Å²) < 4.78 is 0. The summed E-state index contributed by atoms with van der Waals surface area (Å²) in [6.45, 7) is 1.66. The Hall–Kier alpha value is -3.21. The van der Waals surface area contributed by atoms with Crippen molar-refractivity contribution in [1.82, 2.24) is 15.0 Å². The van der Waals surface area contributed by atoms with Gasteiger partial charge in [0.2, 0.25) is 0 Å². The van der Waals surface area contributed by atoms with Crippen molar-refractivity contribution in [3.8, 4) is 17.3 Å². The van der Waals surface area contributed by atoms with Gasteiger partial charge < -0.3 is 15.3 Å². The fourth-order valence-electron chi connectivity index (χ4n) is 3.98. The van der Waals surface area contributed by atoms with Crippen molar-refractivity contribution in [3.63, 3.8) is 0 Å². The fraction of sp³-hybridized carbons (Fsp3) is 0.333. The van der Waals surface area contributed by atoms with E-state index in [2.05, 4.69) is 44.5 Å². The van der Waals surface area contributed by atoms with Crippen LogP contribution in [0.4, 0.5) is 17.3 Å². The third kappa shape index (κ3) is 4.98. The number of nitriles is 1. The van der Waals surface area contributed by atoms with Crippen LogP contribution in [0, 0.1) is 11.3 Å². The zero-order chi connectivity index (χ0) is 21.2. The molecule has 2 fully saturated rings. The minimum absolute atomic E-state index is 0. The minimum atomic E-state index is -0.203. The number of hydrogen-bond donors (Lipinski definition) is 2. The Kier molecular flexibility index (Phi) is 6.54. The largest absolute Gasteiger partial charge is 0.393 e. The summed E-state index contributed by atoms with van der Waals surface area (Å²) in [5.41, 5.74) is 4.71. The summed E-state index contributed by atoms with van der Waals surface area (Å²) in [5, 5.41) is 22.2. The standard InChI is InChI=1S/C24H24N6O.ClH/c25-13-16-3-6-27-23(9-16)29-24-12-18(17-1-2-17)11-22(28-24)19-10-20(15-26-14-19)30-7-4-21(31)5-8-30;/h3,6,9-12,14-15,17,21,31H,1-2,4-5,7-8H2,(H,27,28,29);1H. The molecule has 7 nitrogen and oxygen atoms in total. The van der Waals surface area contributed by atoms with Gasteiger partial charge in [0.05, 0.1) is 35.3 Å². The van der Waals surface area contributed by atoms with Gasteiger partial charge >= 0.3 is 0 Å². The lowest BCUT2D eigenvalue weighted by Gasteiger charge is -2.31. The summed E-state index contributed by atoms with van der Waals surface area (Å²) in [7, 11) is 0. The minimum Gasteiger partial charge on any atom is -0.393 e. The maximum absolute atomic E-state index is 9.80. The summed E-state index contributed by atoms with van der Waals surface area (Å²) in [6.07, 6.45) is 9.09. The molecule has 5 rings (SSSR count). The van der Waals surface area contributed by atoms with Gasteiger partial charge in [-0.25, -0.2) is 9.97 Å². The molecule has 0 radical (unpaired) electrons. The van der Waals surface area contributed by atoms with Crippen LogP contribution in [0.5, 0.6) is 0 Å². The van der Waals surface area contributed by atoms with Crippen LogP contribution in [0.2, 0.25) is 0 Å². The van der Waals surface area contributed by atoms with Crippen LogP contribution in [0.3, 0.4) is 0 Å². The Bertz CT molecular complexity index is 1140. The molecule has 0 bridgehead atoms. The average Bonchev–Trinajstić information content (AvgIpc) is 3.65. The van der Waals surface area contributed by atoms with Gasteiger partial charge in [-0.05, 0) is 67.5 Å². The van der Waals surface area contributed by atoms with Crippen molar-refractivity contribution in [2.24, 2.45) is 0 Å². The van der Waals surface area contributed by atoms with Gasteiger partial charge in [0, 0.05) is 31.0 Å². The van der Waals surface area contributed by atoms with E-state index < -0.39 is 0 Å². The number of aliphatic hydroxyl groups excluding tert-OH is 1. The molecule has 0 aromatic carbocycles. The van der Waals surface area contributed by atoms with E-state index in [0.717, 1.165) is 42.9 Å². The number of pyridine rings is 3. The molecule has 8 heteroatoms. The van der Waals surface area contributed by atoms with E-state index in [4.69, 9.17) is 10.2 Å². The molecule has 3 aromatic rings. The summed E-state index contributed by atoms with van der Waals surface area (Å²) in [6, 6.07) is 11.9. The monoisotopic (exact) mass is 448 g/mol. The maximum atomic E-state index is 9.80. The smallest absolute Gasteiger partial charge is 0.132 e. The normalized spacial score (nSPS) is 16.2. The predicted molar refractivity (Wildman–Crippen MR) is 126 cm³/mol. The number of anilines is 3. The number of hydrogen-bond acceptors (Lipinski definition) is 7. The first kappa shape index (κ1) is 22.0. The van der Waals surface area contributed by atoms with E-state index in [1.807, 2.05) is 12.4 Å². The van der Waals surface area contributed by atoms with E-state index in [1.165, 1.54) is 18.4 Å². The van der Waals surface area contributed by atoms with Crippen LogP contribution in [-0.4, -0.2) is 39.3 Å². The fourth-order valence-corrected chi connectivity index (χ4v) is 3.98. The lowest BCUT2D eigenvalue weighted by atomic mass is 10.1. The SMILES string of the molecule is Cl.N#Cc1ccnc(Nc2cc(C3CC3)cc(-c3cncc(N4CCC(O)CC4)c3)n2)c1. The highest BCUT2D eigenvalue weighted by Gasteiger charge is 2.25. The molecule has 4 heterocycles. The molecular weight excluding hydrogens is 424 g/mol. The van der Waals surface area contributed by atoms with E-state index in [0.29, 0.717) is 23.1 Å². The highest BCUT2D eigenvalue weighted by atomic mass is 35.5. The Labute approximate surface area is 193 Å². The second-order valence-electron chi connectivity index (χ2n) is 8.26. The molecule has 1 saturated carbocycles. The topological polar surface area (TPSA) is 98.0 Å². The quantitative estimate of drug-likeness (QED) is 0.596. The molecular formula is C24H25ClN6O. The van der Waals surface area contributed by atoms with Crippen LogP contribution in [0.1, 0.15) is 42.7 Å². The van der Waals surface area contributed by atoms with Crippen LogP contribution in [-0.2, 0) is 0 Å². The van der Waals surface area contributed by atoms with Gasteiger partial charge in [0.15, 0.2) is 0 Å². The lowest BCUT2D eigenvalue weighted by Crippen LogP contribution is -2.35. The van der Waals surface area contributed by atoms with Gasteiger partial charge in [-0.3, -0.25) is 4.98 Å². The molecule has 1 saturated heterocycles. The van der Waals surface area contributed by atoms with E-state index >= 15 is 0 Å². The lowest BCUT2D eigenvalue weighted by molar-refractivity contribution is 0.145. The molecule has 2 N–H and O–H groups in total. The third-order valence-corrected chi connectivity index (χ3v) is 5.89. The van der Waals surface area contributed by atoms with Crippen LogP contribution in [0.25, 0.3) is 11.3 Å². The second kappa shape index (κ2) is 9.51. The van der Waals surface area contributed by atoms with Crippen molar-refractivity contribution in [3.05, 3.63) is 60.0 Å². The van der Waals surface area contributed by atoms with Crippen LogP contribution >= 0.6 is 12.4 Å².